The Bertz CT molecular complexity index is 1420. The molecule has 3 aromatic carbocycles. The molecule has 1 aliphatic rings. The van der Waals surface area contributed by atoms with Crippen LogP contribution in [0.5, 0.6) is 11.5 Å². The number of rotatable bonds is 12. The number of anilines is 1. The van der Waals surface area contributed by atoms with Crippen molar-refractivity contribution >= 4 is 33.7 Å². The van der Waals surface area contributed by atoms with Crippen molar-refractivity contribution in [3.63, 3.8) is 0 Å². The van der Waals surface area contributed by atoms with Gasteiger partial charge in [-0.15, -0.1) is 0 Å². The van der Waals surface area contributed by atoms with E-state index in [1.165, 1.54) is 18.3 Å². The number of amides is 2. The van der Waals surface area contributed by atoms with Crippen LogP contribution in [0.15, 0.2) is 88.9 Å². The first-order valence-corrected chi connectivity index (χ1v) is 14.5. The van der Waals surface area contributed by atoms with Crippen molar-refractivity contribution in [2.24, 2.45) is 5.10 Å². The minimum Gasteiger partial charge on any atom is -0.494 e. The monoisotopic (exact) mass is 580 g/mol. The van der Waals surface area contributed by atoms with Crippen LogP contribution in [-0.2, 0) is 24.3 Å². The first kappa shape index (κ1) is 29.6. The SMILES string of the molecule is CCOc1ccc(S(=O)(=O)N(CC(=O)N/N=C/c2ccc(OCC(=O)N3CCOCC3)cc2)c2ccccc2)cc1. The normalized spacial score (nSPS) is 13.5. The molecule has 41 heavy (non-hydrogen) atoms. The van der Waals surface area contributed by atoms with Crippen LogP contribution in [0.3, 0.4) is 0 Å². The van der Waals surface area contributed by atoms with E-state index in [0.717, 1.165) is 4.31 Å². The molecule has 3 aromatic rings. The molecule has 1 aliphatic heterocycles. The largest absolute Gasteiger partial charge is 0.494 e. The Hall–Kier alpha value is -4.42. The standard InChI is InChI=1S/C29H32N4O7S/c1-2-39-25-12-14-27(15-13-25)41(36,37)33(24-6-4-3-5-7-24)21-28(34)31-30-20-23-8-10-26(11-9-23)40-22-29(35)32-16-18-38-19-17-32/h3-15,20H,2,16-19,21-22H2,1H3,(H,31,34)/b30-20+. The number of nitrogens with one attached hydrogen (secondary N) is 1. The highest BCUT2D eigenvalue weighted by Crippen LogP contribution is 2.25. The summed E-state index contributed by atoms with van der Waals surface area (Å²) < 4.78 is 44.2. The average molecular weight is 581 g/mol. The maximum atomic E-state index is 13.5. The minimum absolute atomic E-state index is 0.0232. The van der Waals surface area contributed by atoms with Crippen LogP contribution < -0.4 is 19.2 Å². The number of hydrogen-bond donors (Lipinski definition) is 1. The molecule has 12 heteroatoms. The van der Waals surface area contributed by atoms with Gasteiger partial charge >= 0.3 is 0 Å². The van der Waals surface area contributed by atoms with E-state index in [1.54, 1.807) is 71.6 Å². The number of sulfonamides is 1. The van der Waals surface area contributed by atoms with Gasteiger partial charge in [0.25, 0.3) is 21.8 Å². The number of para-hydroxylation sites is 1. The van der Waals surface area contributed by atoms with Crippen molar-refractivity contribution in [3.05, 3.63) is 84.4 Å². The fourth-order valence-corrected chi connectivity index (χ4v) is 5.38. The van der Waals surface area contributed by atoms with Gasteiger partial charge in [0.2, 0.25) is 0 Å². The summed E-state index contributed by atoms with van der Waals surface area (Å²) in [5, 5.41) is 3.96. The third-order valence-corrected chi connectivity index (χ3v) is 7.85. The number of carbonyl (C=O) groups is 2. The molecular weight excluding hydrogens is 548 g/mol. The van der Waals surface area contributed by atoms with E-state index < -0.39 is 22.5 Å². The lowest BCUT2D eigenvalue weighted by Crippen LogP contribution is -2.42. The summed E-state index contributed by atoms with van der Waals surface area (Å²) in [4.78, 5) is 26.7. The molecule has 1 fully saturated rings. The summed E-state index contributed by atoms with van der Waals surface area (Å²) in [6.45, 7) is 3.90. The first-order chi connectivity index (χ1) is 19.9. The third-order valence-electron chi connectivity index (χ3n) is 6.06. The first-order valence-electron chi connectivity index (χ1n) is 13.1. The van der Waals surface area contributed by atoms with Crippen molar-refractivity contribution in [1.29, 1.82) is 0 Å². The van der Waals surface area contributed by atoms with E-state index in [-0.39, 0.29) is 17.4 Å². The lowest BCUT2D eigenvalue weighted by Gasteiger charge is -2.26. The summed E-state index contributed by atoms with van der Waals surface area (Å²) >= 11 is 0. The van der Waals surface area contributed by atoms with Gasteiger partial charge < -0.3 is 19.1 Å². The predicted molar refractivity (Wildman–Crippen MR) is 154 cm³/mol. The van der Waals surface area contributed by atoms with Gasteiger partial charge in [0.1, 0.15) is 18.0 Å². The van der Waals surface area contributed by atoms with E-state index in [4.69, 9.17) is 14.2 Å². The smallest absolute Gasteiger partial charge is 0.264 e. The van der Waals surface area contributed by atoms with Gasteiger partial charge in [-0.2, -0.15) is 5.10 Å². The van der Waals surface area contributed by atoms with Crippen LogP contribution in [0.4, 0.5) is 5.69 Å². The number of nitrogens with zero attached hydrogens (tertiary/aromatic N) is 3. The van der Waals surface area contributed by atoms with Gasteiger partial charge in [-0.3, -0.25) is 13.9 Å². The molecule has 0 unspecified atom stereocenters. The van der Waals surface area contributed by atoms with Gasteiger partial charge in [-0.05, 0) is 73.2 Å². The lowest BCUT2D eigenvalue weighted by atomic mass is 10.2. The van der Waals surface area contributed by atoms with Gasteiger partial charge in [0, 0.05) is 13.1 Å². The third kappa shape index (κ3) is 8.29. The summed E-state index contributed by atoms with van der Waals surface area (Å²) in [5.41, 5.74) is 3.39. The van der Waals surface area contributed by atoms with Crippen molar-refractivity contribution in [1.82, 2.24) is 10.3 Å². The number of hydrazone groups is 1. The average Bonchev–Trinajstić information content (AvgIpc) is 3.00. The topological polar surface area (TPSA) is 127 Å². The number of ether oxygens (including phenoxy) is 3. The Morgan fingerprint density at radius 3 is 2.24 bits per heavy atom. The zero-order valence-corrected chi connectivity index (χ0v) is 23.5. The molecule has 11 nitrogen and oxygen atoms in total. The highest BCUT2D eigenvalue weighted by Gasteiger charge is 2.27. The molecule has 4 rings (SSSR count). The second kappa shape index (κ2) is 14.3. The highest BCUT2D eigenvalue weighted by molar-refractivity contribution is 7.92. The Balaban J connectivity index is 1.35. The molecule has 0 aliphatic carbocycles. The molecule has 0 radical (unpaired) electrons. The van der Waals surface area contributed by atoms with Crippen molar-refractivity contribution in [3.8, 4) is 11.5 Å². The molecule has 1 saturated heterocycles. The summed E-state index contributed by atoms with van der Waals surface area (Å²) in [6, 6.07) is 21.2. The minimum atomic E-state index is -4.06. The van der Waals surface area contributed by atoms with Gasteiger partial charge in [-0.25, -0.2) is 13.8 Å². The van der Waals surface area contributed by atoms with E-state index in [1.807, 2.05) is 6.92 Å². The van der Waals surface area contributed by atoms with E-state index in [2.05, 4.69) is 10.5 Å². The van der Waals surface area contributed by atoms with Crippen LogP contribution in [0.1, 0.15) is 12.5 Å². The number of carbonyl (C=O) groups excluding carboxylic acids is 2. The van der Waals surface area contributed by atoms with Crippen molar-refractivity contribution < 1.29 is 32.2 Å². The lowest BCUT2D eigenvalue weighted by molar-refractivity contribution is -0.137. The number of hydrogen-bond acceptors (Lipinski definition) is 8. The van der Waals surface area contributed by atoms with Crippen LogP contribution in [0.25, 0.3) is 0 Å². The molecule has 1 heterocycles. The fourth-order valence-electron chi connectivity index (χ4n) is 3.95. The Morgan fingerprint density at radius 2 is 1.59 bits per heavy atom. The van der Waals surface area contributed by atoms with Gasteiger partial charge in [-0.1, -0.05) is 18.2 Å². The van der Waals surface area contributed by atoms with Crippen molar-refractivity contribution in [2.45, 2.75) is 11.8 Å². The fraction of sp³-hybridized carbons (Fsp3) is 0.276. The van der Waals surface area contributed by atoms with Crippen LogP contribution in [0, 0.1) is 0 Å². The zero-order chi connectivity index (χ0) is 29.1. The number of morpholine rings is 1. The Labute approximate surface area is 239 Å². The maximum Gasteiger partial charge on any atom is 0.264 e. The van der Waals surface area contributed by atoms with Crippen LogP contribution >= 0.6 is 0 Å². The Morgan fingerprint density at radius 1 is 0.951 bits per heavy atom. The summed E-state index contributed by atoms with van der Waals surface area (Å²) in [7, 11) is -4.06. The predicted octanol–water partition coefficient (Wildman–Crippen LogP) is 2.67. The molecule has 2 amide bonds. The van der Waals surface area contributed by atoms with Crippen LogP contribution in [0.2, 0.25) is 0 Å². The molecule has 0 spiro atoms. The van der Waals surface area contributed by atoms with Crippen LogP contribution in [-0.4, -0.2) is 77.4 Å². The second-order valence-corrected chi connectivity index (χ2v) is 10.8. The molecule has 0 aromatic heterocycles. The molecule has 0 atom stereocenters. The maximum absolute atomic E-state index is 13.5. The molecule has 216 valence electrons. The Kier molecular flexibility index (Phi) is 10.3. The van der Waals surface area contributed by atoms with E-state index in [0.29, 0.717) is 55.7 Å². The van der Waals surface area contributed by atoms with E-state index in [9.17, 15) is 18.0 Å². The molecular formula is C29H32N4O7S. The summed E-state index contributed by atoms with van der Waals surface area (Å²) in [6.07, 6.45) is 1.42. The van der Waals surface area contributed by atoms with Crippen molar-refractivity contribution in [2.75, 3.05) is 50.4 Å². The van der Waals surface area contributed by atoms with Gasteiger partial charge in [0.05, 0.1) is 36.6 Å². The molecule has 1 N–H and O–H groups in total. The van der Waals surface area contributed by atoms with Gasteiger partial charge in [0.15, 0.2) is 6.61 Å². The highest BCUT2D eigenvalue weighted by atomic mass is 32.2. The molecule has 0 saturated carbocycles. The zero-order valence-electron chi connectivity index (χ0n) is 22.6. The number of benzene rings is 3. The van der Waals surface area contributed by atoms with E-state index >= 15 is 0 Å². The molecule has 0 bridgehead atoms. The summed E-state index contributed by atoms with van der Waals surface area (Å²) in [5.74, 6) is 0.341. The second-order valence-electron chi connectivity index (χ2n) is 8.90. The quantitative estimate of drug-likeness (QED) is 0.258.